The first kappa shape index (κ1) is 31.6. The van der Waals surface area contributed by atoms with E-state index in [-0.39, 0.29) is 4.90 Å². The summed E-state index contributed by atoms with van der Waals surface area (Å²) in [5.41, 5.74) is 2.99. The third-order valence-corrected chi connectivity index (χ3v) is 8.32. The molecule has 0 saturated carbocycles. The normalized spacial score (nSPS) is 11.9. The first-order valence-corrected chi connectivity index (χ1v) is 16.0. The minimum atomic E-state index is -3.74. The van der Waals surface area contributed by atoms with Crippen molar-refractivity contribution in [1.29, 1.82) is 0 Å². The van der Waals surface area contributed by atoms with E-state index in [1.165, 1.54) is 3.97 Å². The van der Waals surface area contributed by atoms with Crippen molar-refractivity contribution in [3.63, 3.8) is 0 Å². The van der Waals surface area contributed by atoms with Crippen LogP contribution in [-0.4, -0.2) is 42.1 Å². The molecule has 4 aromatic rings. The van der Waals surface area contributed by atoms with Gasteiger partial charge in [-0.2, -0.15) is 0 Å². The molecule has 43 heavy (non-hydrogen) atoms. The van der Waals surface area contributed by atoms with Crippen molar-refractivity contribution in [3.8, 4) is 16.9 Å². The van der Waals surface area contributed by atoms with Crippen LogP contribution in [0.5, 0.6) is 5.75 Å². The second kappa shape index (κ2) is 14.2. The van der Waals surface area contributed by atoms with Crippen molar-refractivity contribution in [2.24, 2.45) is 0 Å². The lowest BCUT2D eigenvalue weighted by molar-refractivity contribution is 0.190. The van der Waals surface area contributed by atoms with Crippen LogP contribution >= 0.6 is 0 Å². The van der Waals surface area contributed by atoms with Crippen molar-refractivity contribution in [1.82, 2.24) is 14.3 Å². The molecule has 0 unspecified atom stereocenters. The number of aromatic nitrogens is 2. The van der Waals surface area contributed by atoms with Gasteiger partial charge in [-0.1, -0.05) is 62.2 Å². The first-order chi connectivity index (χ1) is 20.6. The van der Waals surface area contributed by atoms with Gasteiger partial charge in [0, 0.05) is 43.4 Å². The van der Waals surface area contributed by atoms with Crippen LogP contribution in [-0.2, 0) is 10.0 Å². The summed E-state index contributed by atoms with van der Waals surface area (Å²) in [4.78, 5) is 19.0. The number of hydrogen-bond donors (Lipinski definition) is 1. The fraction of sp³-hybridized carbons (Fsp3) is 0.294. The number of unbranched alkanes of at least 4 members (excludes halogenated alkanes) is 2. The van der Waals surface area contributed by atoms with Gasteiger partial charge < -0.3 is 15.0 Å². The molecule has 2 heterocycles. The summed E-state index contributed by atoms with van der Waals surface area (Å²) in [5, 5.41) is 2.84. The van der Waals surface area contributed by atoms with E-state index in [2.05, 4.69) is 22.1 Å². The number of pyridine rings is 1. The lowest BCUT2D eigenvalue weighted by Crippen LogP contribution is -2.42. The van der Waals surface area contributed by atoms with E-state index in [1.807, 2.05) is 63.3 Å². The van der Waals surface area contributed by atoms with E-state index < -0.39 is 21.7 Å². The Bertz CT molecular complexity index is 1620. The summed E-state index contributed by atoms with van der Waals surface area (Å²) in [6.07, 6.45) is 13.2. The molecule has 8 nitrogen and oxygen atoms in total. The topological polar surface area (TPSA) is 93.5 Å². The monoisotopic (exact) mass is 600 g/mol. The third-order valence-electron chi connectivity index (χ3n) is 6.67. The highest BCUT2D eigenvalue weighted by atomic mass is 32.2. The summed E-state index contributed by atoms with van der Waals surface area (Å²) in [7, 11) is -3.74. The van der Waals surface area contributed by atoms with Gasteiger partial charge in [0.2, 0.25) is 0 Å². The molecule has 1 amide bonds. The summed E-state index contributed by atoms with van der Waals surface area (Å²) in [6.45, 7) is 9.20. The molecule has 9 heteroatoms. The summed E-state index contributed by atoms with van der Waals surface area (Å²) >= 11 is 0. The van der Waals surface area contributed by atoms with Gasteiger partial charge in [0.15, 0.2) is 5.75 Å². The molecule has 2 aromatic carbocycles. The standard InChI is InChI=1S/C34H40N4O4S/c1-5-6-9-22-37(31-14-7-8-15-32(31)42-33(39)36-34(2,3)4)23-11-12-27-20-24-38(26-27)43(40,41)30-18-16-28(17-19-30)29-13-10-21-35-25-29/h7-8,10-21,24-26H,5-6,9,22-23H2,1-4H3,(H,36,39). The molecule has 0 saturated heterocycles. The molecule has 4 rings (SSSR count). The maximum absolute atomic E-state index is 13.3. The molecule has 0 aliphatic heterocycles. The zero-order valence-electron chi connectivity index (χ0n) is 25.2. The second-order valence-corrected chi connectivity index (χ2v) is 13.2. The summed E-state index contributed by atoms with van der Waals surface area (Å²) in [5.74, 6) is 0.487. The van der Waals surface area contributed by atoms with E-state index >= 15 is 0 Å². The molecule has 0 bridgehead atoms. The highest BCUT2D eigenvalue weighted by Gasteiger charge is 2.19. The predicted molar refractivity (Wildman–Crippen MR) is 173 cm³/mol. The molecule has 0 radical (unpaired) electrons. The van der Waals surface area contributed by atoms with Crippen molar-refractivity contribution < 1.29 is 17.9 Å². The quantitative estimate of drug-likeness (QED) is 0.171. The van der Waals surface area contributed by atoms with Gasteiger partial charge in [0.05, 0.1) is 10.6 Å². The highest BCUT2D eigenvalue weighted by molar-refractivity contribution is 7.90. The van der Waals surface area contributed by atoms with Crippen LogP contribution in [0, 0.1) is 0 Å². The van der Waals surface area contributed by atoms with E-state index in [0.717, 1.165) is 48.2 Å². The highest BCUT2D eigenvalue weighted by Crippen LogP contribution is 2.29. The van der Waals surface area contributed by atoms with Crippen molar-refractivity contribution >= 4 is 27.9 Å². The number of rotatable bonds is 12. The Balaban J connectivity index is 1.48. The molecule has 0 spiro atoms. The Morgan fingerprint density at radius 3 is 2.47 bits per heavy atom. The number of hydrogen-bond acceptors (Lipinski definition) is 6. The number of para-hydroxylation sites is 2. The van der Waals surface area contributed by atoms with Crippen molar-refractivity contribution in [3.05, 3.63) is 103 Å². The lowest BCUT2D eigenvalue weighted by atomic mass is 10.1. The van der Waals surface area contributed by atoms with E-state index in [1.54, 1.807) is 61.2 Å². The number of ether oxygens (including phenoxy) is 1. The number of nitrogens with zero attached hydrogens (tertiary/aromatic N) is 3. The zero-order valence-corrected chi connectivity index (χ0v) is 26.0. The number of carbonyl (C=O) groups is 1. The Morgan fingerprint density at radius 2 is 1.77 bits per heavy atom. The Labute approximate surface area is 255 Å². The minimum absolute atomic E-state index is 0.209. The predicted octanol–water partition coefficient (Wildman–Crippen LogP) is 7.38. The molecule has 0 fully saturated rings. The second-order valence-electron chi connectivity index (χ2n) is 11.3. The van der Waals surface area contributed by atoms with Crippen LogP contribution in [0.3, 0.4) is 0 Å². The molecule has 226 valence electrons. The molecule has 0 atom stereocenters. The lowest BCUT2D eigenvalue weighted by Gasteiger charge is -2.26. The van der Waals surface area contributed by atoms with Crippen LogP contribution in [0.4, 0.5) is 10.5 Å². The average Bonchev–Trinajstić information content (AvgIpc) is 3.46. The maximum atomic E-state index is 13.3. The van der Waals surface area contributed by atoms with Crippen molar-refractivity contribution in [2.75, 3.05) is 18.0 Å². The Kier molecular flexibility index (Phi) is 10.4. The first-order valence-electron chi connectivity index (χ1n) is 14.5. The number of carbonyl (C=O) groups excluding carboxylic acids is 1. The van der Waals surface area contributed by atoms with E-state index in [4.69, 9.17) is 4.74 Å². The van der Waals surface area contributed by atoms with Crippen LogP contribution < -0.4 is 15.0 Å². The van der Waals surface area contributed by atoms with Crippen molar-refractivity contribution in [2.45, 2.75) is 57.4 Å². The molecule has 2 aromatic heterocycles. The van der Waals surface area contributed by atoms with Crippen LogP contribution in [0.1, 0.15) is 52.5 Å². The molecule has 0 aliphatic rings. The van der Waals surface area contributed by atoms with Gasteiger partial charge in [0.1, 0.15) is 0 Å². The number of anilines is 1. The van der Waals surface area contributed by atoms with Gasteiger partial charge in [-0.05, 0) is 80.3 Å². The van der Waals surface area contributed by atoms with Gasteiger partial charge in [0.25, 0.3) is 10.0 Å². The SMILES string of the molecule is CCCCCN(CC=Cc1ccn(S(=O)(=O)c2ccc(-c3cccnc3)cc2)c1)c1ccccc1OC(=O)NC(C)(C)C. The zero-order chi connectivity index (χ0) is 30.9. The fourth-order valence-corrected chi connectivity index (χ4v) is 5.74. The van der Waals surface area contributed by atoms with Crippen LogP contribution in [0.25, 0.3) is 17.2 Å². The Hall–Kier alpha value is -4.37. The number of benzene rings is 2. The average molecular weight is 601 g/mol. The molecular weight excluding hydrogens is 560 g/mol. The summed E-state index contributed by atoms with van der Waals surface area (Å²) < 4.78 is 33.5. The maximum Gasteiger partial charge on any atom is 0.413 e. The van der Waals surface area contributed by atoms with E-state index in [0.29, 0.717) is 12.3 Å². The van der Waals surface area contributed by atoms with Crippen LogP contribution in [0.15, 0.2) is 102 Å². The van der Waals surface area contributed by atoms with Gasteiger partial charge in [-0.15, -0.1) is 0 Å². The minimum Gasteiger partial charge on any atom is -0.408 e. The smallest absolute Gasteiger partial charge is 0.408 e. The Morgan fingerprint density at radius 1 is 1.00 bits per heavy atom. The third kappa shape index (κ3) is 8.81. The van der Waals surface area contributed by atoms with Gasteiger partial charge >= 0.3 is 6.09 Å². The van der Waals surface area contributed by atoms with Crippen LogP contribution in [0.2, 0.25) is 0 Å². The largest absolute Gasteiger partial charge is 0.413 e. The molecule has 0 aliphatic carbocycles. The van der Waals surface area contributed by atoms with Gasteiger partial charge in [-0.3, -0.25) is 4.98 Å². The number of nitrogens with one attached hydrogen (secondary N) is 1. The molecular formula is C34H40N4O4S. The number of amides is 1. The molecule has 1 N–H and O–H groups in total. The van der Waals surface area contributed by atoms with E-state index in [9.17, 15) is 13.2 Å². The summed E-state index contributed by atoms with van der Waals surface area (Å²) in [6, 6.07) is 19.9. The fourth-order valence-electron chi connectivity index (χ4n) is 4.53. The van der Waals surface area contributed by atoms with Gasteiger partial charge in [-0.25, -0.2) is 17.2 Å².